The molecule has 6 rings (SSSR count). The van der Waals surface area contributed by atoms with Crippen LogP contribution in [0, 0.1) is 5.82 Å². The number of carbonyl (C=O) groups excluding carboxylic acids is 1. The normalized spacial score (nSPS) is 16.6. The lowest BCUT2D eigenvalue weighted by molar-refractivity contribution is -0.165. The van der Waals surface area contributed by atoms with Crippen LogP contribution in [0.4, 0.5) is 4.39 Å². The number of hydrogen-bond acceptors (Lipinski definition) is 10. The molecule has 1 saturated heterocycles. The molecule has 49 heavy (non-hydrogen) atoms. The number of nitrogens with zero attached hydrogens (tertiary/aromatic N) is 5. The fraction of sp³-hybridized carbons (Fsp3) is 0.412. The fourth-order valence-corrected chi connectivity index (χ4v) is 8.54. The van der Waals surface area contributed by atoms with Crippen molar-refractivity contribution in [3.63, 3.8) is 0 Å². The minimum atomic E-state index is -4.31. The van der Waals surface area contributed by atoms with Crippen LogP contribution in [-0.4, -0.2) is 62.5 Å². The molecule has 1 fully saturated rings. The molecule has 2 aromatic heterocycles. The molecule has 0 N–H and O–H groups in total. The summed E-state index contributed by atoms with van der Waals surface area (Å²) < 4.78 is 63.0. The van der Waals surface area contributed by atoms with Gasteiger partial charge < -0.3 is 23.3 Å². The number of aromatic nitrogens is 5. The first-order valence-corrected chi connectivity index (χ1v) is 18.6. The largest absolute Gasteiger partial charge is 0.463 e. The first kappa shape index (κ1) is 35.3. The number of esters is 1. The van der Waals surface area contributed by atoms with E-state index in [0.717, 1.165) is 19.3 Å². The number of ether oxygens (including phenoxy) is 3. The second kappa shape index (κ2) is 15.2. The summed E-state index contributed by atoms with van der Waals surface area (Å²) >= 11 is 3.36. The van der Waals surface area contributed by atoms with Crippen molar-refractivity contribution >= 4 is 51.4 Å². The molecule has 15 heteroatoms. The molecule has 2 atom stereocenters. The highest BCUT2D eigenvalue weighted by Crippen LogP contribution is 2.62. The SMILES string of the molecule is CCOC(=O)C(Cc1ccccc1)(OCc1nn(C2CCCCO2)c2cc(-n3nnc4c(F)cc(Br)cc43)ccc12)P(=O)(OCC)OCC. The van der Waals surface area contributed by atoms with Crippen LogP contribution in [-0.2, 0) is 45.6 Å². The molecular formula is C34H38BrFN5O7P. The third kappa shape index (κ3) is 6.95. The third-order valence-electron chi connectivity index (χ3n) is 8.28. The minimum Gasteiger partial charge on any atom is -0.463 e. The number of hydrogen-bond donors (Lipinski definition) is 0. The predicted molar refractivity (Wildman–Crippen MR) is 184 cm³/mol. The smallest absolute Gasteiger partial charge is 0.374 e. The highest BCUT2D eigenvalue weighted by molar-refractivity contribution is 9.10. The zero-order chi connectivity index (χ0) is 34.6. The molecule has 2 unspecified atom stereocenters. The topological polar surface area (TPSA) is 129 Å². The van der Waals surface area contributed by atoms with Crippen LogP contribution in [0.1, 0.15) is 57.5 Å². The first-order chi connectivity index (χ1) is 23.7. The Bertz CT molecular complexity index is 1970. The molecular weight excluding hydrogens is 720 g/mol. The van der Waals surface area contributed by atoms with Crippen molar-refractivity contribution in [3.8, 4) is 5.69 Å². The van der Waals surface area contributed by atoms with E-state index in [0.29, 0.717) is 44.4 Å². The lowest BCUT2D eigenvalue weighted by Crippen LogP contribution is -2.46. The van der Waals surface area contributed by atoms with Gasteiger partial charge in [0.15, 0.2) is 12.0 Å². The van der Waals surface area contributed by atoms with Gasteiger partial charge in [-0.05, 0) is 75.9 Å². The van der Waals surface area contributed by atoms with Crippen LogP contribution >= 0.6 is 23.5 Å². The molecule has 260 valence electrons. The van der Waals surface area contributed by atoms with Gasteiger partial charge in [-0.25, -0.2) is 18.5 Å². The minimum absolute atomic E-state index is 0.00732. The average Bonchev–Trinajstić information content (AvgIpc) is 3.69. The monoisotopic (exact) mass is 757 g/mol. The Morgan fingerprint density at radius 1 is 1.04 bits per heavy atom. The van der Waals surface area contributed by atoms with Crippen LogP contribution in [0.3, 0.4) is 0 Å². The number of carbonyl (C=O) groups is 1. The Labute approximate surface area is 291 Å². The highest BCUT2D eigenvalue weighted by atomic mass is 79.9. The van der Waals surface area contributed by atoms with E-state index in [-0.39, 0.29) is 44.6 Å². The van der Waals surface area contributed by atoms with Crippen LogP contribution < -0.4 is 0 Å². The zero-order valence-electron chi connectivity index (χ0n) is 27.5. The standard InChI is InChI=1S/C34H38BrFN5O7P/c1-4-44-33(42)34(21-23-12-8-7-9-13-23,49(43,47-5-2)48-6-3)46-22-28-26-16-15-25(20-29(26)41(38-28)31-14-10-11-17-45-31)40-30-19-24(35)18-27(36)32(30)37-39-40/h7-9,12-13,15-16,18-20,31H,4-6,10-11,14,17,21-22H2,1-3H3. The van der Waals surface area contributed by atoms with Gasteiger partial charge in [0.05, 0.1) is 48.8 Å². The fourth-order valence-electron chi connectivity index (χ4n) is 6.07. The van der Waals surface area contributed by atoms with Gasteiger partial charge in [0.2, 0.25) is 0 Å². The maximum atomic E-state index is 14.7. The molecule has 0 radical (unpaired) electrons. The predicted octanol–water partition coefficient (Wildman–Crippen LogP) is 7.66. The summed E-state index contributed by atoms with van der Waals surface area (Å²) in [6.07, 6.45) is 2.12. The lowest BCUT2D eigenvalue weighted by atomic mass is 10.1. The summed E-state index contributed by atoms with van der Waals surface area (Å²) in [5, 5.41) is 11.8. The Hall–Kier alpha value is -3.52. The maximum Gasteiger partial charge on any atom is 0.374 e. The van der Waals surface area contributed by atoms with Crippen LogP contribution in [0.25, 0.3) is 27.6 Å². The second-order valence-corrected chi connectivity index (χ2v) is 14.6. The van der Waals surface area contributed by atoms with Crippen molar-refractivity contribution in [2.24, 2.45) is 0 Å². The Morgan fingerprint density at radius 3 is 2.51 bits per heavy atom. The molecule has 0 bridgehead atoms. The van der Waals surface area contributed by atoms with E-state index in [9.17, 15) is 13.8 Å². The molecule has 12 nitrogen and oxygen atoms in total. The summed E-state index contributed by atoms with van der Waals surface area (Å²) in [6.45, 7) is 5.39. The molecule has 0 aliphatic carbocycles. The Morgan fingerprint density at radius 2 is 1.82 bits per heavy atom. The number of halogens is 2. The van der Waals surface area contributed by atoms with E-state index in [2.05, 4.69) is 26.2 Å². The molecule has 0 spiro atoms. The van der Waals surface area contributed by atoms with Crippen molar-refractivity contribution in [1.29, 1.82) is 0 Å². The molecule has 5 aromatic rings. The molecule has 0 saturated carbocycles. The van der Waals surface area contributed by atoms with Crippen molar-refractivity contribution in [2.75, 3.05) is 26.4 Å². The van der Waals surface area contributed by atoms with Gasteiger partial charge in [0.25, 0.3) is 5.34 Å². The molecule has 3 heterocycles. The Kier molecular flexibility index (Phi) is 10.9. The van der Waals surface area contributed by atoms with Gasteiger partial charge in [-0.1, -0.05) is 51.5 Å². The van der Waals surface area contributed by atoms with Crippen molar-refractivity contribution in [2.45, 2.75) is 64.6 Å². The number of fused-ring (bicyclic) bond motifs is 2. The zero-order valence-corrected chi connectivity index (χ0v) is 30.0. The van der Waals surface area contributed by atoms with Gasteiger partial charge >= 0.3 is 13.6 Å². The molecule has 3 aromatic carbocycles. The van der Waals surface area contributed by atoms with E-state index >= 15 is 0 Å². The van der Waals surface area contributed by atoms with Crippen LogP contribution in [0.5, 0.6) is 0 Å². The van der Waals surface area contributed by atoms with Crippen molar-refractivity contribution < 1.29 is 37.0 Å². The summed E-state index contributed by atoms with van der Waals surface area (Å²) in [7, 11) is -4.31. The van der Waals surface area contributed by atoms with Gasteiger partial charge in [-0.2, -0.15) is 5.10 Å². The summed E-state index contributed by atoms with van der Waals surface area (Å²) in [4.78, 5) is 14.0. The van der Waals surface area contributed by atoms with Crippen molar-refractivity contribution in [3.05, 3.63) is 82.2 Å². The van der Waals surface area contributed by atoms with E-state index in [4.69, 9.17) is 28.4 Å². The summed E-state index contributed by atoms with van der Waals surface area (Å²) in [5.41, 5.74) is 3.09. The third-order valence-corrected chi connectivity index (χ3v) is 11.3. The van der Waals surface area contributed by atoms with Crippen molar-refractivity contribution in [1.82, 2.24) is 24.8 Å². The lowest BCUT2D eigenvalue weighted by Gasteiger charge is -2.36. The maximum absolute atomic E-state index is 14.7. The summed E-state index contributed by atoms with van der Waals surface area (Å²) in [6, 6.07) is 17.7. The summed E-state index contributed by atoms with van der Waals surface area (Å²) in [5.74, 6) is -1.35. The van der Waals surface area contributed by atoms with Gasteiger partial charge in [-0.15, -0.1) is 5.10 Å². The molecule has 1 aliphatic heterocycles. The quantitative estimate of drug-likeness (QED) is 0.0823. The van der Waals surface area contributed by atoms with E-state index in [1.54, 1.807) is 36.2 Å². The Balaban J connectivity index is 1.47. The van der Waals surface area contributed by atoms with E-state index in [1.165, 1.54) is 6.07 Å². The molecule has 1 aliphatic rings. The van der Waals surface area contributed by atoms with Crippen LogP contribution in [0.15, 0.2) is 65.1 Å². The van der Waals surface area contributed by atoms with Gasteiger partial charge in [0, 0.05) is 22.9 Å². The van der Waals surface area contributed by atoms with E-state index < -0.39 is 24.7 Å². The second-order valence-electron chi connectivity index (χ2n) is 11.5. The molecule has 0 amide bonds. The highest BCUT2D eigenvalue weighted by Gasteiger charge is 2.60. The number of rotatable bonds is 14. The van der Waals surface area contributed by atoms with E-state index in [1.807, 2.05) is 48.5 Å². The average molecular weight is 759 g/mol. The van der Waals surface area contributed by atoms with Gasteiger partial charge in [0.1, 0.15) is 5.52 Å². The van der Waals surface area contributed by atoms with Gasteiger partial charge in [-0.3, -0.25) is 4.57 Å². The van der Waals surface area contributed by atoms with Crippen LogP contribution in [0.2, 0.25) is 0 Å². The number of benzene rings is 3. The first-order valence-electron chi connectivity index (χ1n) is 16.3.